The van der Waals surface area contributed by atoms with E-state index in [9.17, 15) is 14.4 Å². The Labute approximate surface area is 187 Å². The number of anilines is 1. The lowest BCUT2D eigenvalue weighted by Gasteiger charge is -2.33. The zero-order valence-electron chi connectivity index (χ0n) is 18.9. The lowest BCUT2D eigenvalue weighted by Crippen LogP contribution is -2.41. The van der Waals surface area contributed by atoms with Crippen molar-refractivity contribution < 1.29 is 19.1 Å². The number of hydrogen-bond donors (Lipinski definition) is 1. The van der Waals surface area contributed by atoms with E-state index in [2.05, 4.69) is 22.5 Å². The monoisotopic (exact) mass is 439 g/mol. The fourth-order valence-corrected chi connectivity index (χ4v) is 4.18. The number of hydrogen-bond acceptors (Lipinski definition) is 5. The molecule has 170 valence electrons. The molecule has 4 rings (SSSR count). The summed E-state index contributed by atoms with van der Waals surface area (Å²) in [6, 6.07) is 5.67. The lowest BCUT2D eigenvalue weighted by atomic mass is 9.89. The van der Waals surface area contributed by atoms with E-state index < -0.39 is 17.5 Å². The maximum absolute atomic E-state index is 12.4. The van der Waals surface area contributed by atoms with Gasteiger partial charge in [-0.3, -0.25) is 19.7 Å². The summed E-state index contributed by atoms with van der Waals surface area (Å²) in [7, 11) is 1.84. The van der Waals surface area contributed by atoms with Gasteiger partial charge in [0.2, 0.25) is 0 Å². The van der Waals surface area contributed by atoms with Crippen LogP contribution in [-0.2, 0) is 16.6 Å². The molecule has 1 aromatic carbocycles. The van der Waals surface area contributed by atoms with Crippen LogP contribution < -0.4 is 10.2 Å². The summed E-state index contributed by atoms with van der Waals surface area (Å²) in [5.74, 6) is 0.418. The van der Waals surface area contributed by atoms with Crippen LogP contribution in [0.4, 0.5) is 15.4 Å². The van der Waals surface area contributed by atoms with E-state index >= 15 is 0 Å². The van der Waals surface area contributed by atoms with Gasteiger partial charge in [-0.2, -0.15) is 5.10 Å². The second kappa shape index (κ2) is 8.29. The number of likely N-dealkylation sites (tertiary alicyclic amines) is 1. The molecule has 0 spiro atoms. The number of nitrogens with zero attached hydrogens (tertiary/aromatic N) is 4. The standard InChI is InChI=1S/C23H29N5O4/c1-23(2,3)32-22(31)27-12-9-15(10-13-27)16-7-8-17-18(14-16)26(4)25-20(17)28-11-5-6-19(29)24-21(28)30/h5-8,14-15H,9-13H2,1-4H3,(H,24,29,30). The lowest BCUT2D eigenvalue weighted by molar-refractivity contribution is -0.115. The van der Waals surface area contributed by atoms with Crippen molar-refractivity contribution in [3.8, 4) is 0 Å². The van der Waals surface area contributed by atoms with Crippen LogP contribution >= 0.6 is 0 Å². The number of ether oxygens (including phenoxy) is 1. The van der Waals surface area contributed by atoms with Gasteiger partial charge in [-0.1, -0.05) is 12.1 Å². The highest BCUT2D eigenvalue weighted by Crippen LogP contribution is 2.33. The number of aromatic nitrogens is 2. The van der Waals surface area contributed by atoms with Crippen LogP contribution in [0.5, 0.6) is 0 Å². The summed E-state index contributed by atoms with van der Waals surface area (Å²) in [5.41, 5.74) is 1.61. The van der Waals surface area contributed by atoms with E-state index in [4.69, 9.17) is 4.74 Å². The zero-order valence-corrected chi connectivity index (χ0v) is 18.9. The average Bonchev–Trinajstić information content (AvgIpc) is 2.95. The molecule has 1 fully saturated rings. The Balaban J connectivity index is 1.51. The quantitative estimate of drug-likeness (QED) is 0.774. The summed E-state index contributed by atoms with van der Waals surface area (Å²) in [6.45, 7) is 7.20. The molecule has 9 heteroatoms. The summed E-state index contributed by atoms with van der Waals surface area (Å²) < 4.78 is 7.25. The number of fused-ring (bicyclic) bond motifs is 1. The molecule has 0 unspecified atom stereocenters. The van der Waals surface area contributed by atoms with Gasteiger partial charge in [0.25, 0.3) is 5.91 Å². The van der Waals surface area contributed by atoms with Gasteiger partial charge in [0.1, 0.15) is 5.60 Å². The van der Waals surface area contributed by atoms with Gasteiger partial charge < -0.3 is 9.64 Å². The van der Waals surface area contributed by atoms with Gasteiger partial charge in [-0.25, -0.2) is 9.59 Å². The number of benzene rings is 1. The van der Waals surface area contributed by atoms with E-state index in [0.29, 0.717) is 24.8 Å². The predicted molar refractivity (Wildman–Crippen MR) is 121 cm³/mol. The van der Waals surface area contributed by atoms with Crippen molar-refractivity contribution in [2.75, 3.05) is 24.5 Å². The number of imide groups is 1. The summed E-state index contributed by atoms with van der Waals surface area (Å²) >= 11 is 0. The maximum atomic E-state index is 12.4. The first-order valence-corrected chi connectivity index (χ1v) is 10.9. The van der Waals surface area contributed by atoms with Crippen LogP contribution in [0.1, 0.15) is 45.1 Å². The highest BCUT2D eigenvalue weighted by Gasteiger charge is 2.29. The van der Waals surface area contributed by atoms with E-state index in [1.165, 1.54) is 16.5 Å². The third-order valence-corrected chi connectivity index (χ3v) is 5.76. The van der Waals surface area contributed by atoms with Crippen LogP contribution in [0.15, 0.2) is 30.4 Å². The molecule has 32 heavy (non-hydrogen) atoms. The fourth-order valence-electron chi connectivity index (χ4n) is 4.18. The summed E-state index contributed by atoms with van der Waals surface area (Å²) in [5, 5.41) is 7.72. The van der Waals surface area contributed by atoms with Gasteiger partial charge in [-0.15, -0.1) is 0 Å². The molecule has 0 saturated carbocycles. The molecule has 1 saturated heterocycles. The summed E-state index contributed by atoms with van der Waals surface area (Å²) in [4.78, 5) is 39.6. The van der Waals surface area contributed by atoms with E-state index in [-0.39, 0.29) is 12.6 Å². The van der Waals surface area contributed by atoms with Gasteiger partial charge in [0, 0.05) is 38.1 Å². The van der Waals surface area contributed by atoms with Crippen molar-refractivity contribution in [3.63, 3.8) is 0 Å². The van der Waals surface area contributed by atoms with Crippen LogP contribution in [0.2, 0.25) is 0 Å². The second-order valence-corrected chi connectivity index (χ2v) is 9.27. The molecular formula is C23H29N5O4. The molecule has 9 nitrogen and oxygen atoms in total. The molecule has 0 atom stereocenters. The molecule has 0 aliphatic carbocycles. The molecule has 1 N–H and O–H groups in total. The normalized spacial score (nSPS) is 18.1. The minimum absolute atomic E-state index is 0.258. The number of carbonyl (C=O) groups is 3. The van der Waals surface area contributed by atoms with Gasteiger partial charge in [0.05, 0.1) is 5.52 Å². The summed E-state index contributed by atoms with van der Waals surface area (Å²) in [6.07, 6.45) is 4.46. The first-order chi connectivity index (χ1) is 15.1. The van der Waals surface area contributed by atoms with Gasteiger partial charge in [0.15, 0.2) is 5.82 Å². The van der Waals surface area contributed by atoms with E-state index in [1.54, 1.807) is 15.7 Å². The fraction of sp³-hybridized carbons (Fsp3) is 0.478. The Bertz CT molecular complexity index is 1090. The van der Waals surface area contributed by atoms with Crippen LogP contribution in [0, 0.1) is 0 Å². The van der Waals surface area contributed by atoms with Gasteiger partial charge in [-0.05, 0) is 57.2 Å². The second-order valence-electron chi connectivity index (χ2n) is 9.27. The number of piperidine rings is 1. The zero-order chi connectivity index (χ0) is 23.0. The first-order valence-electron chi connectivity index (χ1n) is 10.9. The topological polar surface area (TPSA) is 96.8 Å². The molecule has 3 heterocycles. The molecule has 2 aliphatic rings. The minimum Gasteiger partial charge on any atom is -0.444 e. The van der Waals surface area contributed by atoms with Crippen molar-refractivity contribution in [2.45, 2.75) is 45.1 Å². The Hall–Kier alpha value is -3.36. The van der Waals surface area contributed by atoms with Crippen molar-refractivity contribution in [1.82, 2.24) is 20.0 Å². The van der Waals surface area contributed by atoms with Gasteiger partial charge >= 0.3 is 12.1 Å². The van der Waals surface area contributed by atoms with E-state index in [1.807, 2.05) is 33.9 Å². The van der Waals surface area contributed by atoms with Crippen LogP contribution in [0.25, 0.3) is 10.9 Å². The Morgan fingerprint density at radius 1 is 1.19 bits per heavy atom. The Morgan fingerprint density at radius 2 is 1.91 bits per heavy atom. The molecular weight excluding hydrogens is 410 g/mol. The molecule has 1 aromatic heterocycles. The third kappa shape index (κ3) is 4.46. The molecule has 4 amide bonds. The highest BCUT2D eigenvalue weighted by atomic mass is 16.6. The van der Waals surface area contributed by atoms with E-state index in [0.717, 1.165) is 23.7 Å². The van der Waals surface area contributed by atoms with Crippen molar-refractivity contribution in [2.24, 2.45) is 7.05 Å². The number of amides is 4. The molecule has 2 aliphatic heterocycles. The molecule has 2 aromatic rings. The Kier molecular flexibility index (Phi) is 5.66. The Morgan fingerprint density at radius 3 is 2.59 bits per heavy atom. The van der Waals surface area contributed by atoms with Crippen LogP contribution in [-0.4, -0.2) is 57.9 Å². The third-order valence-electron chi connectivity index (χ3n) is 5.76. The number of urea groups is 1. The van der Waals surface area contributed by atoms with Crippen LogP contribution in [0.3, 0.4) is 0 Å². The number of rotatable bonds is 2. The van der Waals surface area contributed by atoms with Crippen molar-refractivity contribution >= 4 is 34.8 Å². The molecule has 0 radical (unpaired) electrons. The smallest absolute Gasteiger partial charge is 0.410 e. The first kappa shape index (κ1) is 21.9. The predicted octanol–water partition coefficient (Wildman–Crippen LogP) is 3.30. The largest absolute Gasteiger partial charge is 0.444 e. The highest BCUT2D eigenvalue weighted by molar-refractivity contribution is 6.10. The SMILES string of the molecule is Cn1nc(N2CC=CC(=O)NC2=O)c2ccc(C3CCN(C(=O)OC(C)(C)C)CC3)cc21. The van der Waals surface area contributed by atoms with Crippen molar-refractivity contribution in [1.29, 1.82) is 0 Å². The maximum Gasteiger partial charge on any atom is 0.410 e. The van der Waals surface area contributed by atoms with Crippen molar-refractivity contribution in [3.05, 3.63) is 35.9 Å². The number of aryl methyl sites for hydroxylation is 1. The minimum atomic E-state index is -0.496. The number of carbonyl (C=O) groups excluding carboxylic acids is 3. The molecule has 0 bridgehead atoms. The number of nitrogens with one attached hydrogen (secondary N) is 1. The average molecular weight is 440 g/mol.